The molecule has 0 aliphatic heterocycles. The molecule has 1 amide bonds. The molecule has 3 rings (SSSR count). The number of nitrogens with one attached hydrogen (secondary N) is 1. The van der Waals surface area contributed by atoms with Gasteiger partial charge in [-0.05, 0) is 25.5 Å². The Bertz CT molecular complexity index is 1220. The van der Waals surface area contributed by atoms with E-state index in [-0.39, 0.29) is 24.6 Å². The zero-order chi connectivity index (χ0) is 21.1. The smallest absolute Gasteiger partial charge is 0.408 e. The molecule has 0 radical (unpaired) electrons. The number of rotatable bonds is 7. The minimum Gasteiger partial charge on any atom is -0.408 e. The highest BCUT2D eigenvalue weighted by atomic mass is 16.4. The number of carbonyl (C=O) groups excluding carboxylic acids is 1. The van der Waals surface area contributed by atoms with E-state index in [4.69, 9.17) is 10.2 Å². The summed E-state index contributed by atoms with van der Waals surface area (Å²) in [5, 5.41) is 0. The van der Waals surface area contributed by atoms with E-state index in [0.717, 1.165) is 6.42 Å². The first-order valence-electron chi connectivity index (χ1n) is 9.40. The molecule has 10 nitrogen and oxygen atoms in total. The van der Waals surface area contributed by atoms with Gasteiger partial charge in [-0.2, -0.15) is 0 Å². The lowest BCUT2D eigenvalue weighted by Crippen LogP contribution is -2.42. The standard InChI is InChI=1S/C19H23N5O5/c1-3-5-10-23-16(20)15(17(26)21-18(23)27)22(4-2)14(25)11-24-12-8-6-7-9-13(12)29-19(24)28/h6-9H,3-5,10-11,20H2,1-2H3,(H,21,26,27). The fraction of sp³-hybridized carbons (Fsp3) is 0.368. The molecule has 0 fully saturated rings. The lowest BCUT2D eigenvalue weighted by Gasteiger charge is -2.23. The molecular formula is C19H23N5O5. The number of hydrogen-bond donors (Lipinski definition) is 2. The van der Waals surface area contributed by atoms with Gasteiger partial charge >= 0.3 is 11.4 Å². The third-order valence-electron chi connectivity index (χ3n) is 4.70. The summed E-state index contributed by atoms with van der Waals surface area (Å²) in [6.45, 7) is 3.75. The second kappa shape index (κ2) is 8.21. The van der Waals surface area contributed by atoms with Crippen molar-refractivity contribution in [1.82, 2.24) is 14.1 Å². The highest BCUT2D eigenvalue weighted by Gasteiger charge is 2.24. The van der Waals surface area contributed by atoms with Gasteiger partial charge in [0.05, 0.1) is 5.52 Å². The van der Waals surface area contributed by atoms with Crippen LogP contribution in [0.25, 0.3) is 11.1 Å². The second-order valence-corrected chi connectivity index (χ2v) is 6.56. The van der Waals surface area contributed by atoms with E-state index in [1.165, 1.54) is 14.0 Å². The average molecular weight is 401 g/mol. The number of unbranched alkanes of at least 4 members (excludes halogenated alkanes) is 1. The number of hydrogen-bond acceptors (Lipinski definition) is 6. The van der Waals surface area contributed by atoms with Crippen LogP contribution in [0.15, 0.2) is 43.1 Å². The predicted octanol–water partition coefficient (Wildman–Crippen LogP) is 0.880. The van der Waals surface area contributed by atoms with Crippen LogP contribution in [0.4, 0.5) is 11.5 Å². The summed E-state index contributed by atoms with van der Waals surface area (Å²) in [6, 6.07) is 6.73. The number of nitrogens with two attached hydrogens (primary N) is 1. The predicted molar refractivity (Wildman–Crippen MR) is 109 cm³/mol. The monoisotopic (exact) mass is 401 g/mol. The quantitative estimate of drug-likeness (QED) is 0.603. The Kier molecular flexibility index (Phi) is 5.71. The van der Waals surface area contributed by atoms with Gasteiger partial charge < -0.3 is 15.1 Å². The van der Waals surface area contributed by atoms with Crippen LogP contribution in [-0.4, -0.2) is 26.6 Å². The number of nitrogen functional groups attached to an aromatic ring is 1. The molecule has 0 saturated heterocycles. The number of aromatic nitrogens is 3. The van der Waals surface area contributed by atoms with Gasteiger partial charge in [0.2, 0.25) is 5.91 Å². The normalized spacial score (nSPS) is 11.1. The summed E-state index contributed by atoms with van der Waals surface area (Å²) in [7, 11) is 0. The van der Waals surface area contributed by atoms with Crippen LogP contribution >= 0.6 is 0 Å². The van der Waals surface area contributed by atoms with Crippen molar-refractivity contribution in [2.45, 2.75) is 39.8 Å². The number of benzene rings is 1. The summed E-state index contributed by atoms with van der Waals surface area (Å²) in [4.78, 5) is 53.1. The maximum atomic E-state index is 13.0. The van der Waals surface area contributed by atoms with Crippen LogP contribution in [0.2, 0.25) is 0 Å². The maximum Gasteiger partial charge on any atom is 0.420 e. The first-order valence-corrected chi connectivity index (χ1v) is 9.40. The molecule has 0 saturated carbocycles. The van der Waals surface area contributed by atoms with Crippen molar-refractivity contribution in [3.63, 3.8) is 0 Å². The number of para-hydroxylation sites is 2. The third-order valence-corrected chi connectivity index (χ3v) is 4.70. The minimum absolute atomic E-state index is 0.0770. The van der Waals surface area contributed by atoms with Gasteiger partial charge in [-0.25, -0.2) is 9.59 Å². The van der Waals surface area contributed by atoms with Crippen LogP contribution in [0.5, 0.6) is 0 Å². The van der Waals surface area contributed by atoms with Gasteiger partial charge in [0.1, 0.15) is 12.4 Å². The molecule has 0 atom stereocenters. The molecule has 0 unspecified atom stereocenters. The molecule has 2 aromatic heterocycles. The van der Waals surface area contributed by atoms with Crippen LogP contribution in [0, 0.1) is 0 Å². The second-order valence-electron chi connectivity index (χ2n) is 6.56. The Balaban J connectivity index is 2.02. The maximum absolute atomic E-state index is 13.0. The molecule has 0 bridgehead atoms. The zero-order valence-electron chi connectivity index (χ0n) is 16.3. The van der Waals surface area contributed by atoms with E-state index < -0.39 is 22.9 Å². The van der Waals surface area contributed by atoms with Gasteiger partial charge in [-0.15, -0.1) is 0 Å². The first-order chi connectivity index (χ1) is 13.9. The van der Waals surface area contributed by atoms with Crippen molar-refractivity contribution in [3.8, 4) is 0 Å². The fourth-order valence-corrected chi connectivity index (χ4v) is 3.22. The Morgan fingerprint density at radius 3 is 2.59 bits per heavy atom. The summed E-state index contributed by atoms with van der Waals surface area (Å²) in [6.07, 6.45) is 1.51. The molecular weight excluding hydrogens is 378 g/mol. The van der Waals surface area contributed by atoms with Crippen molar-refractivity contribution >= 4 is 28.5 Å². The Morgan fingerprint density at radius 1 is 1.17 bits per heavy atom. The van der Waals surface area contributed by atoms with Crippen LogP contribution < -0.4 is 27.6 Å². The number of aromatic amines is 1. The molecule has 3 aromatic rings. The lowest BCUT2D eigenvalue weighted by molar-refractivity contribution is -0.119. The Hall–Kier alpha value is -3.56. The highest BCUT2D eigenvalue weighted by Crippen LogP contribution is 2.18. The highest BCUT2D eigenvalue weighted by molar-refractivity contribution is 5.96. The molecule has 10 heteroatoms. The molecule has 0 aliphatic carbocycles. The summed E-state index contributed by atoms with van der Waals surface area (Å²) < 4.78 is 7.58. The number of H-pyrrole nitrogens is 1. The molecule has 0 spiro atoms. The SMILES string of the molecule is CCCCn1c(N)c(N(CC)C(=O)Cn2c(=O)oc3ccccc32)c(=O)[nH]c1=O. The molecule has 2 heterocycles. The molecule has 154 valence electrons. The van der Waals surface area contributed by atoms with E-state index in [0.29, 0.717) is 24.1 Å². The van der Waals surface area contributed by atoms with Crippen LogP contribution in [0.3, 0.4) is 0 Å². The fourth-order valence-electron chi connectivity index (χ4n) is 3.22. The number of anilines is 2. The third kappa shape index (κ3) is 3.73. The Morgan fingerprint density at radius 2 is 1.90 bits per heavy atom. The summed E-state index contributed by atoms with van der Waals surface area (Å²) in [5.41, 5.74) is 5.45. The topological polar surface area (TPSA) is 136 Å². The number of fused-ring (bicyclic) bond motifs is 1. The summed E-state index contributed by atoms with van der Waals surface area (Å²) >= 11 is 0. The van der Waals surface area contributed by atoms with Crippen molar-refractivity contribution < 1.29 is 9.21 Å². The van der Waals surface area contributed by atoms with Crippen LogP contribution in [0.1, 0.15) is 26.7 Å². The molecule has 29 heavy (non-hydrogen) atoms. The first kappa shape index (κ1) is 20.2. The van der Waals surface area contributed by atoms with E-state index in [1.807, 2.05) is 6.92 Å². The van der Waals surface area contributed by atoms with Crippen molar-refractivity contribution in [1.29, 1.82) is 0 Å². The van der Waals surface area contributed by atoms with E-state index >= 15 is 0 Å². The molecule has 0 aliphatic rings. The molecule has 3 N–H and O–H groups in total. The van der Waals surface area contributed by atoms with E-state index in [9.17, 15) is 19.2 Å². The van der Waals surface area contributed by atoms with Gasteiger partial charge in [0.15, 0.2) is 11.3 Å². The van der Waals surface area contributed by atoms with Crippen molar-refractivity contribution in [3.05, 3.63) is 55.7 Å². The zero-order valence-corrected chi connectivity index (χ0v) is 16.3. The van der Waals surface area contributed by atoms with Gasteiger partial charge in [0, 0.05) is 13.1 Å². The van der Waals surface area contributed by atoms with Gasteiger partial charge in [-0.3, -0.25) is 23.7 Å². The minimum atomic E-state index is -0.750. The lowest BCUT2D eigenvalue weighted by atomic mass is 10.3. The average Bonchev–Trinajstić information content (AvgIpc) is 3.00. The van der Waals surface area contributed by atoms with Crippen LogP contribution in [-0.2, 0) is 17.9 Å². The molecule has 1 aromatic carbocycles. The van der Waals surface area contributed by atoms with E-state index in [2.05, 4.69) is 4.98 Å². The number of carbonyl (C=O) groups is 1. The van der Waals surface area contributed by atoms with Gasteiger partial charge in [-0.1, -0.05) is 25.5 Å². The number of nitrogens with zero attached hydrogens (tertiary/aromatic N) is 3. The van der Waals surface area contributed by atoms with Gasteiger partial charge in [0.25, 0.3) is 5.56 Å². The Labute approximate surface area is 165 Å². The number of oxazole rings is 1. The van der Waals surface area contributed by atoms with Crippen molar-refractivity contribution in [2.75, 3.05) is 17.2 Å². The summed E-state index contributed by atoms with van der Waals surface area (Å²) in [5.74, 6) is -1.28. The largest absolute Gasteiger partial charge is 0.420 e. The number of likely N-dealkylation sites (N-methyl/N-ethyl adjacent to an activating group) is 1. The van der Waals surface area contributed by atoms with Crippen molar-refractivity contribution in [2.24, 2.45) is 0 Å². The number of amides is 1. The van der Waals surface area contributed by atoms with E-state index in [1.54, 1.807) is 31.2 Å².